The number of sulfonamides is 1. The Labute approximate surface area is 122 Å². The van der Waals surface area contributed by atoms with Crippen LogP contribution in [0.2, 0.25) is 0 Å². The van der Waals surface area contributed by atoms with Crippen LogP contribution in [0.3, 0.4) is 0 Å². The Morgan fingerprint density at radius 2 is 2.11 bits per heavy atom. The van der Waals surface area contributed by atoms with Crippen LogP contribution in [0.5, 0.6) is 0 Å². The Morgan fingerprint density at radius 1 is 1.42 bits per heavy atom. The molecule has 0 radical (unpaired) electrons. The van der Waals surface area contributed by atoms with Crippen molar-refractivity contribution in [2.75, 3.05) is 18.8 Å². The molecule has 1 aromatic rings. The lowest BCUT2D eigenvalue weighted by atomic mass is 10.1. The van der Waals surface area contributed by atoms with Gasteiger partial charge in [-0.2, -0.15) is 0 Å². The van der Waals surface area contributed by atoms with E-state index in [-0.39, 0.29) is 17.6 Å². The first-order chi connectivity index (χ1) is 8.85. The first-order valence-electron chi connectivity index (χ1n) is 6.01. The lowest BCUT2D eigenvalue weighted by molar-refractivity contribution is 0.563. The molecule has 0 saturated carbocycles. The van der Waals surface area contributed by atoms with Crippen molar-refractivity contribution in [3.8, 4) is 0 Å². The van der Waals surface area contributed by atoms with Crippen molar-refractivity contribution < 1.29 is 12.8 Å². The molecule has 0 aromatic heterocycles. The fourth-order valence-electron chi connectivity index (χ4n) is 1.60. The smallest absolute Gasteiger partial charge is 0.212 e. The highest BCUT2D eigenvalue weighted by Gasteiger charge is 2.11. The van der Waals surface area contributed by atoms with Crippen LogP contribution in [-0.2, 0) is 10.0 Å². The number of hydrogen-bond acceptors (Lipinski definition) is 3. The zero-order valence-electron chi connectivity index (χ0n) is 10.9. The van der Waals surface area contributed by atoms with Gasteiger partial charge in [0.1, 0.15) is 5.82 Å². The summed E-state index contributed by atoms with van der Waals surface area (Å²) in [6, 6.07) is 4.70. The summed E-state index contributed by atoms with van der Waals surface area (Å²) in [7, 11) is -3.21. The third-order valence-corrected chi connectivity index (χ3v) is 4.71. The van der Waals surface area contributed by atoms with E-state index in [2.05, 4.69) is 26.0 Å². The van der Waals surface area contributed by atoms with E-state index in [0.717, 1.165) is 5.56 Å². The quantitative estimate of drug-likeness (QED) is 0.790. The molecular weight excluding hydrogens is 335 g/mol. The molecule has 0 aliphatic rings. The molecule has 0 saturated heterocycles. The van der Waals surface area contributed by atoms with Crippen LogP contribution in [0.4, 0.5) is 4.39 Å². The minimum absolute atomic E-state index is 0.0214. The largest absolute Gasteiger partial charge is 0.309 e. The van der Waals surface area contributed by atoms with Crippen LogP contribution in [0.15, 0.2) is 22.7 Å². The van der Waals surface area contributed by atoms with Crippen LogP contribution in [-0.4, -0.2) is 27.3 Å². The molecule has 1 rings (SSSR count). The molecule has 1 atom stereocenters. The van der Waals surface area contributed by atoms with Crippen LogP contribution >= 0.6 is 15.9 Å². The van der Waals surface area contributed by atoms with E-state index in [4.69, 9.17) is 0 Å². The van der Waals surface area contributed by atoms with E-state index in [9.17, 15) is 12.8 Å². The summed E-state index contributed by atoms with van der Waals surface area (Å²) < 4.78 is 38.8. The Balaban J connectivity index is 2.51. The average molecular weight is 353 g/mol. The highest BCUT2D eigenvalue weighted by atomic mass is 79.9. The lowest BCUT2D eigenvalue weighted by Gasteiger charge is -2.15. The van der Waals surface area contributed by atoms with Gasteiger partial charge in [0.15, 0.2) is 0 Å². The summed E-state index contributed by atoms with van der Waals surface area (Å²) in [4.78, 5) is 0. The zero-order valence-corrected chi connectivity index (χ0v) is 13.3. The van der Waals surface area contributed by atoms with Crippen molar-refractivity contribution in [1.82, 2.24) is 10.0 Å². The monoisotopic (exact) mass is 352 g/mol. The third-order valence-electron chi connectivity index (χ3n) is 2.63. The molecule has 0 fully saturated rings. The molecule has 0 amide bonds. The van der Waals surface area contributed by atoms with E-state index >= 15 is 0 Å². The summed E-state index contributed by atoms with van der Waals surface area (Å²) in [5, 5.41) is 3.10. The van der Waals surface area contributed by atoms with E-state index in [1.807, 2.05) is 6.92 Å². The summed E-state index contributed by atoms with van der Waals surface area (Å²) in [6.45, 7) is 4.37. The Kier molecular flexibility index (Phi) is 6.38. The number of benzene rings is 1. The van der Waals surface area contributed by atoms with Gasteiger partial charge in [-0.3, -0.25) is 0 Å². The Hall–Kier alpha value is -0.500. The van der Waals surface area contributed by atoms with E-state index < -0.39 is 10.0 Å². The van der Waals surface area contributed by atoms with E-state index in [1.54, 1.807) is 19.1 Å². The summed E-state index contributed by atoms with van der Waals surface area (Å²) in [6.07, 6.45) is 0. The maximum absolute atomic E-state index is 13.1. The molecule has 108 valence electrons. The number of rotatable bonds is 7. The topological polar surface area (TPSA) is 58.2 Å². The fourth-order valence-corrected chi connectivity index (χ4v) is 2.97. The first-order valence-corrected chi connectivity index (χ1v) is 8.46. The Morgan fingerprint density at radius 3 is 2.68 bits per heavy atom. The second-order valence-electron chi connectivity index (χ2n) is 4.17. The van der Waals surface area contributed by atoms with Gasteiger partial charge in [-0.1, -0.05) is 13.0 Å². The summed E-state index contributed by atoms with van der Waals surface area (Å²) in [5.41, 5.74) is 0.897. The van der Waals surface area contributed by atoms with Gasteiger partial charge in [-0.05, 0) is 40.5 Å². The standard InChI is InChI=1S/C12H18BrFN2O2S/c1-3-16-19(17,18)7-6-15-9(2)10-4-5-12(14)11(13)8-10/h4-5,8-9,15-16H,3,6-7H2,1-2H3. The van der Waals surface area contributed by atoms with Crippen molar-refractivity contribution in [2.24, 2.45) is 0 Å². The van der Waals surface area contributed by atoms with E-state index in [0.29, 0.717) is 17.6 Å². The minimum atomic E-state index is -3.21. The third kappa shape index (κ3) is 5.56. The SMILES string of the molecule is CCNS(=O)(=O)CCNC(C)c1ccc(F)c(Br)c1. The highest BCUT2D eigenvalue weighted by Crippen LogP contribution is 2.20. The van der Waals surface area contributed by atoms with Gasteiger partial charge in [0.2, 0.25) is 10.0 Å². The molecule has 1 aromatic carbocycles. The molecule has 19 heavy (non-hydrogen) atoms. The van der Waals surface area contributed by atoms with Gasteiger partial charge < -0.3 is 5.32 Å². The van der Waals surface area contributed by atoms with Crippen molar-refractivity contribution >= 4 is 26.0 Å². The summed E-state index contributed by atoms with van der Waals surface area (Å²) in [5.74, 6) is -0.293. The molecule has 0 bridgehead atoms. The molecule has 0 spiro atoms. The zero-order chi connectivity index (χ0) is 14.5. The fraction of sp³-hybridized carbons (Fsp3) is 0.500. The van der Waals surface area contributed by atoms with Crippen LogP contribution in [0.1, 0.15) is 25.5 Å². The van der Waals surface area contributed by atoms with Crippen molar-refractivity contribution in [1.29, 1.82) is 0 Å². The predicted octanol–water partition coefficient (Wildman–Crippen LogP) is 2.18. The maximum Gasteiger partial charge on any atom is 0.212 e. The number of hydrogen-bond donors (Lipinski definition) is 2. The van der Waals surface area contributed by atoms with Crippen molar-refractivity contribution in [3.05, 3.63) is 34.1 Å². The second kappa shape index (κ2) is 7.33. The maximum atomic E-state index is 13.1. The molecular formula is C12H18BrFN2O2S. The normalized spacial score (nSPS) is 13.5. The average Bonchev–Trinajstić information content (AvgIpc) is 2.32. The lowest BCUT2D eigenvalue weighted by Crippen LogP contribution is -2.32. The Bertz CT molecular complexity index is 522. The number of halogens is 2. The molecule has 0 heterocycles. The van der Waals surface area contributed by atoms with Gasteiger partial charge in [-0.15, -0.1) is 0 Å². The van der Waals surface area contributed by atoms with Crippen molar-refractivity contribution in [2.45, 2.75) is 19.9 Å². The van der Waals surface area contributed by atoms with Gasteiger partial charge in [0.05, 0.1) is 10.2 Å². The second-order valence-corrected chi connectivity index (χ2v) is 6.95. The molecule has 0 aliphatic carbocycles. The van der Waals surface area contributed by atoms with Crippen molar-refractivity contribution in [3.63, 3.8) is 0 Å². The first kappa shape index (κ1) is 16.6. The molecule has 7 heteroatoms. The van der Waals surface area contributed by atoms with E-state index in [1.165, 1.54) is 6.07 Å². The van der Waals surface area contributed by atoms with Crippen LogP contribution < -0.4 is 10.0 Å². The van der Waals surface area contributed by atoms with Gasteiger partial charge in [0.25, 0.3) is 0 Å². The number of nitrogens with one attached hydrogen (secondary N) is 2. The molecule has 1 unspecified atom stereocenters. The predicted molar refractivity (Wildman–Crippen MR) is 78.0 cm³/mol. The van der Waals surface area contributed by atoms with Gasteiger partial charge >= 0.3 is 0 Å². The summed E-state index contributed by atoms with van der Waals surface area (Å²) >= 11 is 3.13. The minimum Gasteiger partial charge on any atom is -0.309 e. The van der Waals surface area contributed by atoms with Gasteiger partial charge in [0, 0.05) is 19.1 Å². The van der Waals surface area contributed by atoms with Crippen LogP contribution in [0.25, 0.3) is 0 Å². The highest BCUT2D eigenvalue weighted by molar-refractivity contribution is 9.10. The molecule has 0 aliphatic heterocycles. The molecule has 2 N–H and O–H groups in total. The van der Waals surface area contributed by atoms with Crippen LogP contribution in [0, 0.1) is 5.82 Å². The molecule has 4 nitrogen and oxygen atoms in total. The van der Waals surface area contributed by atoms with Gasteiger partial charge in [-0.25, -0.2) is 17.5 Å².